The first-order valence-electron chi connectivity index (χ1n) is 5.05. The first kappa shape index (κ1) is 12.9. The van der Waals surface area contributed by atoms with Crippen LogP contribution in [0.15, 0.2) is 41.0 Å². The number of hydrogen-bond acceptors (Lipinski definition) is 3. The summed E-state index contributed by atoms with van der Waals surface area (Å²) in [6, 6.07) is 8.44. The molecule has 0 unspecified atom stereocenters. The number of nitrogen functional groups attached to an aromatic ring is 1. The first-order valence-corrected chi connectivity index (χ1v) is 6.22. The molecule has 2 aromatic rings. The molecule has 3 N–H and O–H groups in total. The van der Waals surface area contributed by atoms with Gasteiger partial charge in [0.25, 0.3) is 5.91 Å². The fourth-order valence-corrected chi connectivity index (χ4v) is 2.11. The maximum absolute atomic E-state index is 12.0. The predicted molar refractivity (Wildman–Crippen MR) is 75.8 cm³/mol. The highest BCUT2D eigenvalue weighted by Gasteiger charge is 2.11. The molecular weight excluding hydrogens is 318 g/mol. The number of carbonyl (C=O) groups excluding carboxylic acids is 1. The van der Waals surface area contributed by atoms with Crippen molar-refractivity contribution in [3.63, 3.8) is 0 Å². The first-order chi connectivity index (χ1) is 8.58. The minimum Gasteiger partial charge on any atom is -0.383 e. The molecule has 18 heavy (non-hydrogen) atoms. The van der Waals surface area contributed by atoms with Crippen molar-refractivity contribution in [3.8, 4) is 0 Å². The van der Waals surface area contributed by atoms with Crippen LogP contribution in [0.2, 0.25) is 5.02 Å². The van der Waals surface area contributed by atoms with Crippen LogP contribution in [0.25, 0.3) is 0 Å². The van der Waals surface area contributed by atoms with Crippen LogP contribution < -0.4 is 11.1 Å². The third kappa shape index (κ3) is 2.80. The number of halogens is 2. The van der Waals surface area contributed by atoms with Crippen molar-refractivity contribution in [1.29, 1.82) is 0 Å². The molecule has 0 fully saturated rings. The summed E-state index contributed by atoms with van der Waals surface area (Å²) in [4.78, 5) is 15.8. The number of anilines is 2. The van der Waals surface area contributed by atoms with Crippen molar-refractivity contribution in [2.24, 2.45) is 0 Å². The summed E-state index contributed by atoms with van der Waals surface area (Å²) in [6.07, 6.45) is 1.53. The van der Waals surface area contributed by atoms with Crippen molar-refractivity contribution in [1.82, 2.24) is 4.98 Å². The molecule has 1 aromatic carbocycles. The highest BCUT2D eigenvalue weighted by atomic mass is 79.9. The van der Waals surface area contributed by atoms with Crippen molar-refractivity contribution in [2.75, 3.05) is 11.1 Å². The van der Waals surface area contributed by atoms with Gasteiger partial charge in [0, 0.05) is 10.7 Å². The van der Waals surface area contributed by atoms with Gasteiger partial charge in [0.2, 0.25) is 0 Å². The fraction of sp³-hybridized carbons (Fsp3) is 0. The van der Waals surface area contributed by atoms with E-state index in [0.29, 0.717) is 16.3 Å². The zero-order valence-electron chi connectivity index (χ0n) is 9.15. The number of pyridine rings is 1. The molecule has 0 atom stereocenters. The highest BCUT2D eigenvalue weighted by Crippen LogP contribution is 2.26. The monoisotopic (exact) mass is 325 g/mol. The molecule has 1 heterocycles. The highest BCUT2D eigenvalue weighted by molar-refractivity contribution is 9.10. The summed E-state index contributed by atoms with van der Waals surface area (Å²) in [5, 5.41) is 3.13. The molecular formula is C12H9BrClN3O. The molecule has 0 saturated carbocycles. The lowest BCUT2D eigenvalue weighted by atomic mass is 10.2. The van der Waals surface area contributed by atoms with E-state index < -0.39 is 0 Å². The molecule has 1 aromatic heterocycles. The van der Waals surface area contributed by atoms with E-state index in [1.54, 1.807) is 30.3 Å². The summed E-state index contributed by atoms with van der Waals surface area (Å²) in [5.41, 5.74) is 6.46. The maximum Gasteiger partial charge on any atom is 0.259 e. The maximum atomic E-state index is 12.0. The normalized spacial score (nSPS) is 10.1. The summed E-state index contributed by atoms with van der Waals surface area (Å²) < 4.78 is 0.839. The van der Waals surface area contributed by atoms with Gasteiger partial charge in [-0.1, -0.05) is 27.5 Å². The Bertz CT molecular complexity index is 604. The molecule has 0 radical (unpaired) electrons. The third-order valence-electron chi connectivity index (χ3n) is 2.26. The van der Waals surface area contributed by atoms with Crippen LogP contribution in [-0.4, -0.2) is 10.9 Å². The average molecular weight is 327 g/mol. The largest absolute Gasteiger partial charge is 0.383 e. The second-order valence-electron chi connectivity index (χ2n) is 3.51. The second kappa shape index (κ2) is 5.37. The number of aromatic nitrogens is 1. The Balaban J connectivity index is 2.24. The Labute approximate surface area is 117 Å². The van der Waals surface area contributed by atoms with Crippen LogP contribution in [0.4, 0.5) is 11.5 Å². The molecule has 0 aliphatic carbocycles. The Kier molecular flexibility index (Phi) is 3.84. The Morgan fingerprint density at radius 3 is 2.83 bits per heavy atom. The number of rotatable bonds is 2. The van der Waals surface area contributed by atoms with Crippen LogP contribution in [0, 0.1) is 0 Å². The predicted octanol–water partition coefficient (Wildman–Crippen LogP) is 3.33. The van der Waals surface area contributed by atoms with Gasteiger partial charge in [0.1, 0.15) is 5.82 Å². The molecule has 0 bridgehead atoms. The summed E-state index contributed by atoms with van der Waals surface area (Å²) in [7, 11) is 0. The summed E-state index contributed by atoms with van der Waals surface area (Å²) >= 11 is 9.30. The topological polar surface area (TPSA) is 68.0 Å². The van der Waals surface area contributed by atoms with Gasteiger partial charge in [-0.05, 0) is 30.3 Å². The number of hydrogen-bond donors (Lipinski definition) is 2. The van der Waals surface area contributed by atoms with E-state index in [1.807, 2.05) is 0 Å². The SMILES string of the molecule is Nc1ncccc1C(=O)Nc1ccc(Br)cc1Cl. The van der Waals surface area contributed by atoms with Crippen LogP contribution in [-0.2, 0) is 0 Å². The lowest BCUT2D eigenvalue weighted by molar-refractivity contribution is 0.102. The van der Waals surface area contributed by atoms with Crippen molar-refractivity contribution in [3.05, 3.63) is 51.6 Å². The standard InChI is InChI=1S/C12H9BrClN3O/c13-7-3-4-10(9(14)6-7)17-12(18)8-2-1-5-16-11(8)15/h1-6H,(H2,15,16)(H,17,18). The van der Waals surface area contributed by atoms with Gasteiger partial charge in [0.15, 0.2) is 0 Å². The smallest absolute Gasteiger partial charge is 0.259 e. The van der Waals surface area contributed by atoms with E-state index in [4.69, 9.17) is 17.3 Å². The van der Waals surface area contributed by atoms with Gasteiger partial charge < -0.3 is 11.1 Å². The van der Waals surface area contributed by atoms with Gasteiger partial charge >= 0.3 is 0 Å². The summed E-state index contributed by atoms with van der Waals surface area (Å²) in [5.74, 6) is -0.159. The van der Waals surface area contributed by atoms with E-state index in [9.17, 15) is 4.79 Å². The lowest BCUT2D eigenvalue weighted by Crippen LogP contribution is -2.14. The van der Waals surface area contributed by atoms with Gasteiger partial charge in [-0.15, -0.1) is 0 Å². The van der Waals surface area contributed by atoms with Gasteiger partial charge in [-0.25, -0.2) is 4.98 Å². The number of nitrogens with two attached hydrogens (primary N) is 1. The molecule has 1 amide bonds. The van der Waals surface area contributed by atoms with Gasteiger partial charge in [0.05, 0.1) is 16.3 Å². The van der Waals surface area contributed by atoms with Crippen molar-refractivity contribution < 1.29 is 4.79 Å². The van der Waals surface area contributed by atoms with E-state index in [0.717, 1.165) is 4.47 Å². The Hall–Kier alpha value is -1.59. The number of nitrogens with one attached hydrogen (secondary N) is 1. The minimum absolute atomic E-state index is 0.184. The van der Waals surface area contributed by atoms with E-state index in [1.165, 1.54) is 6.20 Å². The number of amides is 1. The molecule has 92 valence electrons. The summed E-state index contributed by atoms with van der Waals surface area (Å²) in [6.45, 7) is 0. The third-order valence-corrected chi connectivity index (χ3v) is 3.07. The van der Waals surface area contributed by atoms with Crippen molar-refractivity contribution in [2.45, 2.75) is 0 Å². The van der Waals surface area contributed by atoms with Crippen LogP contribution in [0.1, 0.15) is 10.4 Å². The van der Waals surface area contributed by atoms with E-state index in [2.05, 4.69) is 26.2 Å². The van der Waals surface area contributed by atoms with Gasteiger partial charge in [-0.2, -0.15) is 0 Å². The minimum atomic E-state index is -0.343. The molecule has 0 aliphatic heterocycles. The number of nitrogens with zero attached hydrogens (tertiary/aromatic N) is 1. The van der Waals surface area contributed by atoms with Crippen LogP contribution in [0.3, 0.4) is 0 Å². The molecule has 2 rings (SSSR count). The van der Waals surface area contributed by atoms with E-state index in [-0.39, 0.29) is 11.7 Å². The molecule has 4 nitrogen and oxygen atoms in total. The van der Waals surface area contributed by atoms with Gasteiger partial charge in [-0.3, -0.25) is 4.79 Å². The molecule has 0 aliphatic rings. The molecule has 0 saturated heterocycles. The van der Waals surface area contributed by atoms with Crippen LogP contribution in [0.5, 0.6) is 0 Å². The lowest BCUT2D eigenvalue weighted by Gasteiger charge is -2.08. The second-order valence-corrected chi connectivity index (χ2v) is 4.84. The molecule has 6 heteroatoms. The Morgan fingerprint density at radius 2 is 2.17 bits per heavy atom. The van der Waals surface area contributed by atoms with Crippen LogP contribution >= 0.6 is 27.5 Å². The zero-order valence-corrected chi connectivity index (χ0v) is 11.5. The number of carbonyl (C=O) groups is 1. The zero-order chi connectivity index (χ0) is 13.1. The number of benzene rings is 1. The van der Waals surface area contributed by atoms with Crippen molar-refractivity contribution >= 4 is 44.9 Å². The average Bonchev–Trinajstić information content (AvgIpc) is 2.33. The Morgan fingerprint density at radius 1 is 1.39 bits per heavy atom. The molecule has 0 spiro atoms. The quantitative estimate of drug-likeness (QED) is 0.889. The van der Waals surface area contributed by atoms with E-state index >= 15 is 0 Å². The fourth-order valence-electron chi connectivity index (χ4n) is 1.39.